The third kappa shape index (κ3) is 4.07. The molecule has 0 unspecified atom stereocenters. The van der Waals surface area contributed by atoms with E-state index in [1.165, 1.54) is 5.56 Å². The number of amides is 1. The van der Waals surface area contributed by atoms with Crippen molar-refractivity contribution in [1.82, 2.24) is 0 Å². The molecule has 0 aromatic heterocycles. The number of benzene rings is 2. The maximum atomic E-state index is 12.4. The van der Waals surface area contributed by atoms with Crippen LogP contribution in [0, 0.1) is 6.92 Å². The minimum absolute atomic E-state index is 0.0810. The zero-order chi connectivity index (χ0) is 17.0. The fraction of sp³-hybridized carbons (Fsp3) is 0.300. The van der Waals surface area contributed by atoms with E-state index in [0.29, 0.717) is 12.1 Å². The van der Waals surface area contributed by atoms with E-state index in [1.807, 2.05) is 49.4 Å². The minimum Gasteiger partial charge on any atom is -0.322 e. The molecule has 1 amide bonds. The van der Waals surface area contributed by atoms with Gasteiger partial charge in [-0.3, -0.25) is 9.79 Å². The molecular formula is C20H24N2O. The molecule has 0 fully saturated rings. The lowest BCUT2D eigenvalue weighted by Crippen LogP contribution is -2.15. The van der Waals surface area contributed by atoms with Gasteiger partial charge >= 0.3 is 0 Å². The van der Waals surface area contributed by atoms with Crippen LogP contribution in [-0.2, 0) is 12.0 Å². The smallest absolute Gasteiger partial charge is 0.255 e. The van der Waals surface area contributed by atoms with Gasteiger partial charge in [-0.05, 0) is 53.9 Å². The number of hydrogen-bond donors (Lipinski definition) is 1. The predicted octanol–water partition coefficient (Wildman–Crippen LogP) is 4.75. The summed E-state index contributed by atoms with van der Waals surface area (Å²) in [6.07, 6.45) is 0. The molecule has 2 rings (SSSR count). The molecule has 3 nitrogen and oxygen atoms in total. The van der Waals surface area contributed by atoms with E-state index in [0.717, 1.165) is 16.8 Å². The van der Waals surface area contributed by atoms with Gasteiger partial charge in [-0.2, -0.15) is 0 Å². The summed E-state index contributed by atoms with van der Waals surface area (Å²) in [7, 11) is 0. The Morgan fingerprint density at radius 1 is 1.13 bits per heavy atom. The third-order valence-electron chi connectivity index (χ3n) is 3.99. The van der Waals surface area contributed by atoms with Crippen LogP contribution in [0.4, 0.5) is 5.69 Å². The molecular weight excluding hydrogens is 284 g/mol. The van der Waals surface area contributed by atoms with Gasteiger partial charge < -0.3 is 5.32 Å². The Morgan fingerprint density at radius 2 is 1.78 bits per heavy atom. The normalized spacial score (nSPS) is 11.1. The molecule has 23 heavy (non-hydrogen) atoms. The number of hydrogen-bond acceptors (Lipinski definition) is 2. The average molecular weight is 308 g/mol. The van der Waals surface area contributed by atoms with Crippen LogP contribution in [0.5, 0.6) is 0 Å². The largest absolute Gasteiger partial charge is 0.322 e. The lowest BCUT2D eigenvalue weighted by molar-refractivity contribution is 0.102. The molecule has 0 radical (unpaired) electrons. The van der Waals surface area contributed by atoms with Crippen molar-refractivity contribution in [3.63, 3.8) is 0 Å². The second-order valence-electron chi connectivity index (χ2n) is 6.75. The second kappa shape index (κ2) is 6.78. The summed E-state index contributed by atoms with van der Waals surface area (Å²) in [5.74, 6) is -0.0997. The zero-order valence-corrected chi connectivity index (χ0v) is 14.3. The summed E-state index contributed by atoms with van der Waals surface area (Å²) in [5.41, 5.74) is 4.86. The van der Waals surface area contributed by atoms with Crippen LogP contribution in [0.25, 0.3) is 0 Å². The SMILES string of the molecule is C=NCc1cccc(NC(=O)c2ccc(C(C)(C)C)cc2)c1C. The Hall–Kier alpha value is -2.42. The van der Waals surface area contributed by atoms with Crippen molar-refractivity contribution in [2.24, 2.45) is 4.99 Å². The highest BCUT2D eigenvalue weighted by Gasteiger charge is 2.15. The molecule has 0 atom stereocenters. The number of nitrogens with one attached hydrogen (secondary N) is 1. The minimum atomic E-state index is -0.0997. The van der Waals surface area contributed by atoms with E-state index in [1.54, 1.807) is 0 Å². The summed E-state index contributed by atoms with van der Waals surface area (Å²) >= 11 is 0. The highest BCUT2D eigenvalue weighted by molar-refractivity contribution is 6.04. The van der Waals surface area contributed by atoms with E-state index >= 15 is 0 Å². The molecule has 0 saturated heterocycles. The fourth-order valence-electron chi connectivity index (χ4n) is 2.43. The van der Waals surface area contributed by atoms with Crippen LogP contribution in [0.2, 0.25) is 0 Å². The number of rotatable bonds is 4. The lowest BCUT2D eigenvalue weighted by Gasteiger charge is -2.19. The molecule has 0 heterocycles. The number of carbonyl (C=O) groups is 1. The highest BCUT2D eigenvalue weighted by atomic mass is 16.1. The van der Waals surface area contributed by atoms with Gasteiger partial charge in [0.15, 0.2) is 0 Å². The molecule has 120 valence electrons. The molecule has 0 bridgehead atoms. The van der Waals surface area contributed by atoms with E-state index < -0.39 is 0 Å². The van der Waals surface area contributed by atoms with Gasteiger partial charge in [0.05, 0.1) is 6.54 Å². The topological polar surface area (TPSA) is 41.5 Å². The van der Waals surface area contributed by atoms with Gasteiger partial charge in [0.2, 0.25) is 0 Å². The molecule has 0 saturated carbocycles. The Bertz CT molecular complexity index is 709. The standard InChI is InChI=1S/C20H24N2O/c1-14-16(13-21-5)7-6-8-18(14)22-19(23)15-9-11-17(12-10-15)20(2,3)4/h6-12H,5,13H2,1-4H3,(H,22,23). The first-order valence-electron chi connectivity index (χ1n) is 7.76. The first-order chi connectivity index (χ1) is 10.8. The Balaban J connectivity index is 2.19. The van der Waals surface area contributed by atoms with Crippen molar-refractivity contribution in [3.8, 4) is 0 Å². The van der Waals surface area contributed by atoms with Gasteiger partial charge in [-0.1, -0.05) is 45.0 Å². The predicted molar refractivity (Wildman–Crippen MR) is 97.5 cm³/mol. The highest BCUT2D eigenvalue weighted by Crippen LogP contribution is 2.23. The van der Waals surface area contributed by atoms with Crippen LogP contribution in [0.15, 0.2) is 47.5 Å². The van der Waals surface area contributed by atoms with Gasteiger partial charge in [-0.15, -0.1) is 0 Å². The molecule has 1 N–H and O–H groups in total. The Labute approximate surface area is 138 Å². The van der Waals surface area contributed by atoms with E-state index in [9.17, 15) is 4.79 Å². The summed E-state index contributed by atoms with van der Waals surface area (Å²) in [6, 6.07) is 13.6. The van der Waals surface area contributed by atoms with Gasteiger partial charge in [0.1, 0.15) is 0 Å². The Morgan fingerprint density at radius 3 is 2.35 bits per heavy atom. The summed E-state index contributed by atoms with van der Waals surface area (Å²) in [6.45, 7) is 12.5. The maximum absolute atomic E-state index is 12.4. The van der Waals surface area contributed by atoms with Crippen LogP contribution < -0.4 is 5.32 Å². The summed E-state index contributed by atoms with van der Waals surface area (Å²) < 4.78 is 0. The number of aliphatic imine (C=N–C) groups is 1. The molecule has 2 aromatic rings. The average Bonchev–Trinajstić information content (AvgIpc) is 2.50. The second-order valence-corrected chi connectivity index (χ2v) is 6.75. The van der Waals surface area contributed by atoms with E-state index in [4.69, 9.17) is 0 Å². The van der Waals surface area contributed by atoms with Crippen molar-refractivity contribution >= 4 is 18.3 Å². The van der Waals surface area contributed by atoms with Crippen molar-refractivity contribution < 1.29 is 4.79 Å². The molecule has 0 aliphatic rings. The van der Waals surface area contributed by atoms with E-state index in [-0.39, 0.29) is 11.3 Å². The van der Waals surface area contributed by atoms with E-state index in [2.05, 4.69) is 37.8 Å². The first kappa shape index (κ1) is 16.9. The summed E-state index contributed by atoms with van der Waals surface area (Å²) in [4.78, 5) is 16.4. The van der Waals surface area contributed by atoms with Crippen LogP contribution >= 0.6 is 0 Å². The number of nitrogens with zero attached hydrogens (tertiary/aromatic N) is 1. The third-order valence-corrected chi connectivity index (χ3v) is 3.99. The van der Waals surface area contributed by atoms with Crippen LogP contribution in [0.3, 0.4) is 0 Å². The number of anilines is 1. The zero-order valence-electron chi connectivity index (χ0n) is 14.3. The number of carbonyl (C=O) groups excluding carboxylic acids is 1. The molecule has 0 aliphatic carbocycles. The van der Waals surface area contributed by atoms with Crippen molar-refractivity contribution in [3.05, 3.63) is 64.7 Å². The van der Waals surface area contributed by atoms with Gasteiger partial charge in [0, 0.05) is 11.3 Å². The van der Waals surface area contributed by atoms with Gasteiger partial charge in [-0.25, -0.2) is 0 Å². The monoisotopic (exact) mass is 308 g/mol. The lowest BCUT2D eigenvalue weighted by atomic mass is 9.86. The molecule has 2 aromatic carbocycles. The maximum Gasteiger partial charge on any atom is 0.255 e. The molecule has 0 aliphatic heterocycles. The molecule has 3 heteroatoms. The Kier molecular flexibility index (Phi) is 4.99. The van der Waals surface area contributed by atoms with Crippen molar-refractivity contribution in [1.29, 1.82) is 0 Å². The summed E-state index contributed by atoms with van der Waals surface area (Å²) in [5, 5.41) is 2.98. The fourth-order valence-corrected chi connectivity index (χ4v) is 2.43. The van der Waals surface area contributed by atoms with Crippen molar-refractivity contribution in [2.45, 2.75) is 39.7 Å². The first-order valence-corrected chi connectivity index (χ1v) is 7.76. The van der Waals surface area contributed by atoms with Gasteiger partial charge in [0.25, 0.3) is 5.91 Å². The molecule has 0 spiro atoms. The quantitative estimate of drug-likeness (QED) is 0.814. The van der Waals surface area contributed by atoms with Crippen molar-refractivity contribution in [2.75, 3.05) is 5.32 Å². The van der Waals surface area contributed by atoms with Crippen LogP contribution in [0.1, 0.15) is 47.8 Å². The van der Waals surface area contributed by atoms with Crippen LogP contribution in [-0.4, -0.2) is 12.6 Å².